The van der Waals surface area contributed by atoms with Crippen molar-refractivity contribution in [1.29, 1.82) is 0 Å². The number of likely N-dealkylation sites (tertiary alicyclic amines) is 1. The van der Waals surface area contributed by atoms with Crippen LogP contribution in [0.4, 0.5) is 0 Å². The molecule has 1 saturated heterocycles. The van der Waals surface area contributed by atoms with Gasteiger partial charge in [0.05, 0.1) is 0 Å². The Labute approximate surface area is 103 Å². The van der Waals surface area contributed by atoms with Gasteiger partial charge < -0.3 is 10.2 Å². The van der Waals surface area contributed by atoms with Crippen molar-refractivity contribution < 1.29 is 9.59 Å². The SMILES string of the molecule is CC1CCCCN1C(=O)C(=O)NC1CCCC1. The summed E-state index contributed by atoms with van der Waals surface area (Å²) in [6.45, 7) is 2.76. The zero-order chi connectivity index (χ0) is 12.3. The van der Waals surface area contributed by atoms with Gasteiger partial charge in [-0.3, -0.25) is 9.59 Å². The van der Waals surface area contributed by atoms with Gasteiger partial charge in [-0.05, 0) is 39.0 Å². The number of nitrogens with zero attached hydrogens (tertiary/aromatic N) is 1. The first-order chi connectivity index (χ1) is 8.18. The monoisotopic (exact) mass is 238 g/mol. The Kier molecular flexibility index (Phi) is 4.02. The summed E-state index contributed by atoms with van der Waals surface area (Å²) >= 11 is 0. The number of hydrogen-bond acceptors (Lipinski definition) is 2. The largest absolute Gasteiger partial charge is 0.345 e. The summed E-state index contributed by atoms with van der Waals surface area (Å²) in [6.07, 6.45) is 7.58. The lowest BCUT2D eigenvalue weighted by Gasteiger charge is -2.33. The third kappa shape index (κ3) is 2.99. The fourth-order valence-corrected chi connectivity index (χ4v) is 2.85. The van der Waals surface area contributed by atoms with Crippen molar-refractivity contribution in [1.82, 2.24) is 10.2 Å². The molecule has 17 heavy (non-hydrogen) atoms. The summed E-state index contributed by atoms with van der Waals surface area (Å²) in [4.78, 5) is 25.6. The van der Waals surface area contributed by atoms with E-state index >= 15 is 0 Å². The van der Waals surface area contributed by atoms with Gasteiger partial charge in [-0.1, -0.05) is 12.8 Å². The van der Waals surface area contributed by atoms with E-state index in [9.17, 15) is 9.59 Å². The lowest BCUT2D eigenvalue weighted by atomic mass is 10.0. The molecule has 96 valence electrons. The molecule has 2 amide bonds. The van der Waals surface area contributed by atoms with Crippen LogP contribution >= 0.6 is 0 Å². The van der Waals surface area contributed by atoms with Crippen LogP contribution in [0.1, 0.15) is 51.9 Å². The standard InChI is InChI=1S/C13H22N2O2/c1-10-6-4-5-9-15(10)13(17)12(16)14-11-7-2-3-8-11/h10-11H,2-9H2,1H3,(H,14,16). The summed E-state index contributed by atoms with van der Waals surface area (Å²) in [5.41, 5.74) is 0. The van der Waals surface area contributed by atoms with Gasteiger partial charge in [0.2, 0.25) is 0 Å². The molecule has 0 spiro atoms. The Hall–Kier alpha value is -1.06. The predicted molar refractivity (Wildman–Crippen MR) is 65.4 cm³/mol. The smallest absolute Gasteiger partial charge is 0.312 e. The Morgan fingerprint density at radius 2 is 1.71 bits per heavy atom. The maximum atomic E-state index is 12.0. The molecule has 0 bridgehead atoms. The number of carbonyl (C=O) groups is 2. The first kappa shape index (κ1) is 12.4. The molecular weight excluding hydrogens is 216 g/mol. The second kappa shape index (κ2) is 5.52. The topological polar surface area (TPSA) is 49.4 Å². The van der Waals surface area contributed by atoms with Crippen LogP contribution in [-0.2, 0) is 9.59 Å². The molecule has 1 aliphatic carbocycles. The van der Waals surface area contributed by atoms with Crippen LogP contribution in [0.2, 0.25) is 0 Å². The van der Waals surface area contributed by atoms with Crippen LogP contribution in [0.3, 0.4) is 0 Å². The molecule has 0 radical (unpaired) electrons. The molecule has 0 aromatic heterocycles. The van der Waals surface area contributed by atoms with Crippen molar-refractivity contribution >= 4 is 11.8 Å². The van der Waals surface area contributed by atoms with Crippen LogP contribution in [0, 0.1) is 0 Å². The molecular formula is C13H22N2O2. The van der Waals surface area contributed by atoms with E-state index in [2.05, 4.69) is 5.32 Å². The van der Waals surface area contributed by atoms with Gasteiger partial charge in [-0.25, -0.2) is 0 Å². The third-order valence-electron chi connectivity index (χ3n) is 3.95. The van der Waals surface area contributed by atoms with Crippen LogP contribution in [0.5, 0.6) is 0 Å². The van der Waals surface area contributed by atoms with Crippen LogP contribution in [0.25, 0.3) is 0 Å². The van der Waals surface area contributed by atoms with Gasteiger partial charge >= 0.3 is 11.8 Å². The molecule has 4 nitrogen and oxygen atoms in total. The second-order valence-corrected chi connectivity index (χ2v) is 5.30. The minimum absolute atomic E-state index is 0.213. The van der Waals surface area contributed by atoms with E-state index in [-0.39, 0.29) is 18.0 Å². The first-order valence-corrected chi connectivity index (χ1v) is 6.80. The highest BCUT2D eigenvalue weighted by Crippen LogP contribution is 2.19. The quantitative estimate of drug-likeness (QED) is 0.703. The van der Waals surface area contributed by atoms with E-state index < -0.39 is 5.91 Å². The predicted octanol–water partition coefficient (Wildman–Crippen LogP) is 1.45. The summed E-state index contributed by atoms with van der Waals surface area (Å²) in [6, 6.07) is 0.442. The molecule has 0 aromatic rings. The van der Waals surface area contributed by atoms with E-state index in [1.807, 2.05) is 6.92 Å². The molecule has 1 heterocycles. The van der Waals surface area contributed by atoms with Crippen LogP contribution in [0.15, 0.2) is 0 Å². The third-order valence-corrected chi connectivity index (χ3v) is 3.95. The summed E-state index contributed by atoms with van der Waals surface area (Å²) in [5.74, 6) is -0.727. The van der Waals surface area contributed by atoms with E-state index in [0.29, 0.717) is 0 Å². The molecule has 1 N–H and O–H groups in total. The van der Waals surface area contributed by atoms with Gasteiger partial charge in [0.15, 0.2) is 0 Å². The Morgan fingerprint density at radius 3 is 2.35 bits per heavy atom. The average Bonchev–Trinajstić information content (AvgIpc) is 2.81. The van der Waals surface area contributed by atoms with Crippen LogP contribution in [-0.4, -0.2) is 35.3 Å². The summed E-state index contributed by atoms with van der Waals surface area (Å²) in [7, 11) is 0. The summed E-state index contributed by atoms with van der Waals surface area (Å²) in [5, 5.41) is 2.87. The highest BCUT2D eigenvalue weighted by Gasteiger charge is 2.29. The second-order valence-electron chi connectivity index (χ2n) is 5.30. The van der Waals surface area contributed by atoms with Gasteiger partial charge in [-0.2, -0.15) is 0 Å². The van der Waals surface area contributed by atoms with Gasteiger partial charge in [-0.15, -0.1) is 0 Å². The fraction of sp³-hybridized carbons (Fsp3) is 0.846. The van der Waals surface area contributed by atoms with Crippen molar-refractivity contribution in [3.05, 3.63) is 0 Å². The molecule has 1 aliphatic heterocycles. The molecule has 0 aromatic carbocycles. The van der Waals surface area contributed by atoms with E-state index in [1.165, 1.54) is 12.8 Å². The Bertz CT molecular complexity index is 298. The highest BCUT2D eigenvalue weighted by molar-refractivity contribution is 6.35. The first-order valence-electron chi connectivity index (χ1n) is 6.80. The maximum absolute atomic E-state index is 12.0. The van der Waals surface area contributed by atoms with Crippen molar-refractivity contribution in [2.45, 2.75) is 64.0 Å². The Balaban J connectivity index is 1.87. The summed E-state index contributed by atoms with van der Waals surface area (Å²) < 4.78 is 0. The number of nitrogens with one attached hydrogen (secondary N) is 1. The number of amides is 2. The average molecular weight is 238 g/mol. The molecule has 2 fully saturated rings. The zero-order valence-corrected chi connectivity index (χ0v) is 10.6. The number of piperidine rings is 1. The Morgan fingerprint density at radius 1 is 1.06 bits per heavy atom. The van der Waals surface area contributed by atoms with Crippen LogP contribution < -0.4 is 5.32 Å². The van der Waals surface area contributed by atoms with Crippen molar-refractivity contribution in [3.63, 3.8) is 0 Å². The fourth-order valence-electron chi connectivity index (χ4n) is 2.85. The normalized spacial score (nSPS) is 25.9. The van der Waals surface area contributed by atoms with Gasteiger partial charge in [0.25, 0.3) is 0 Å². The van der Waals surface area contributed by atoms with E-state index in [4.69, 9.17) is 0 Å². The molecule has 1 saturated carbocycles. The number of carbonyl (C=O) groups excluding carboxylic acids is 2. The zero-order valence-electron chi connectivity index (χ0n) is 10.6. The van der Waals surface area contributed by atoms with Crippen molar-refractivity contribution in [2.24, 2.45) is 0 Å². The highest BCUT2D eigenvalue weighted by atomic mass is 16.2. The number of rotatable bonds is 1. The minimum atomic E-state index is -0.398. The lowest BCUT2D eigenvalue weighted by Crippen LogP contribution is -2.50. The van der Waals surface area contributed by atoms with E-state index in [1.54, 1.807) is 4.90 Å². The van der Waals surface area contributed by atoms with Gasteiger partial charge in [0.1, 0.15) is 0 Å². The molecule has 2 rings (SSSR count). The molecule has 1 unspecified atom stereocenters. The minimum Gasteiger partial charge on any atom is -0.345 e. The molecule has 1 atom stereocenters. The molecule has 2 aliphatic rings. The van der Waals surface area contributed by atoms with Crippen molar-refractivity contribution in [3.8, 4) is 0 Å². The maximum Gasteiger partial charge on any atom is 0.312 e. The van der Waals surface area contributed by atoms with Crippen molar-refractivity contribution in [2.75, 3.05) is 6.54 Å². The molecule has 4 heteroatoms. The lowest BCUT2D eigenvalue weighted by molar-refractivity contribution is -0.148. The van der Waals surface area contributed by atoms with Gasteiger partial charge in [0, 0.05) is 18.6 Å². The number of hydrogen-bond donors (Lipinski definition) is 1. The van der Waals surface area contributed by atoms with E-state index in [0.717, 1.165) is 38.6 Å².